The predicted molar refractivity (Wildman–Crippen MR) is 96.1 cm³/mol. The number of benzene rings is 2. The summed E-state index contributed by atoms with van der Waals surface area (Å²) in [5.74, 6) is -0.446. The monoisotopic (exact) mass is 351 g/mol. The van der Waals surface area contributed by atoms with E-state index in [1.165, 1.54) is 16.8 Å². The molecular formula is C20H18FN3O2. The Hall–Kier alpha value is -3.02. The minimum absolute atomic E-state index is 0.0840. The van der Waals surface area contributed by atoms with Gasteiger partial charge in [-0.3, -0.25) is 9.59 Å². The van der Waals surface area contributed by atoms with Crippen LogP contribution in [0.1, 0.15) is 24.4 Å². The van der Waals surface area contributed by atoms with Crippen LogP contribution in [0.4, 0.5) is 4.39 Å². The fourth-order valence-electron chi connectivity index (χ4n) is 3.56. The summed E-state index contributed by atoms with van der Waals surface area (Å²) in [5.41, 5.74) is 0.644. The van der Waals surface area contributed by atoms with Gasteiger partial charge in [0.1, 0.15) is 12.4 Å². The van der Waals surface area contributed by atoms with Gasteiger partial charge in [0.15, 0.2) is 0 Å². The highest BCUT2D eigenvalue weighted by atomic mass is 19.1. The number of amides is 1. The molecule has 1 saturated heterocycles. The molecule has 1 amide bonds. The summed E-state index contributed by atoms with van der Waals surface area (Å²) in [5, 5.41) is 5.44. The molecule has 1 aromatic heterocycles. The van der Waals surface area contributed by atoms with Crippen molar-refractivity contribution in [2.24, 2.45) is 0 Å². The zero-order chi connectivity index (χ0) is 18.1. The molecule has 132 valence electrons. The van der Waals surface area contributed by atoms with Crippen LogP contribution >= 0.6 is 0 Å². The standard InChI is InChI=1S/C20H18FN3O2/c21-16-9-7-14(8-10-16)18-6-3-11-23(18)19(25)13-24-20(26)17-5-2-1-4-15(17)12-22-24/h1-2,4-5,7-10,12,18H,3,6,11,13H2. The molecule has 26 heavy (non-hydrogen) atoms. The largest absolute Gasteiger partial charge is 0.334 e. The molecule has 0 radical (unpaired) electrons. The molecule has 1 atom stereocenters. The first-order chi connectivity index (χ1) is 12.6. The lowest BCUT2D eigenvalue weighted by atomic mass is 10.0. The number of carbonyl (C=O) groups excluding carboxylic acids is 1. The van der Waals surface area contributed by atoms with Crippen molar-refractivity contribution in [3.8, 4) is 0 Å². The van der Waals surface area contributed by atoms with Gasteiger partial charge < -0.3 is 4.90 Å². The molecule has 6 heteroatoms. The van der Waals surface area contributed by atoms with E-state index in [9.17, 15) is 14.0 Å². The van der Waals surface area contributed by atoms with Crippen LogP contribution in [0.5, 0.6) is 0 Å². The average Bonchev–Trinajstić information content (AvgIpc) is 3.15. The van der Waals surface area contributed by atoms with E-state index in [0.717, 1.165) is 23.8 Å². The van der Waals surface area contributed by atoms with E-state index in [4.69, 9.17) is 0 Å². The fourth-order valence-corrected chi connectivity index (χ4v) is 3.56. The van der Waals surface area contributed by atoms with E-state index in [1.807, 2.05) is 12.1 Å². The summed E-state index contributed by atoms with van der Waals surface area (Å²) in [4.78, 5) is 27.1. The second-order valence-electron chi connectivity index (χ2n) is 6.49. The van der Waals surface area contributed by atoms with E-state index in [1.54, 1.807) is 35.4 Å². The Bertz CT molecular complexity index is 1010. The maximum absolute atomic E-state index is 13.2. The first-order valence-electron chi connectivity index (χ1n) is 8.63. The lowest BCUT2D eigenvalue weighted by Gasteiger charge is -2.25. The summed E-state index contributed by atoms with van der Waals surface area (Å²) in [7, 11) is 0. The number of aromatic nitrogens is 2. The van der Waals surface area contributed by atoms with Gasteiger partial charge in [0, 0.05) is 11.9 Å². The second-order valence-corrected chi connectivity index (χ2v) is 6.49. The van der Waals surface area contributed by atoms with Crippen molar-refractivity contribution in [2.45, 2.75) is 25.4 Å². The molecule has 1 aliphatic heterocycles. The van der Waals surface area contributed by atoms with Gasteiger partial charge in [-0.25, -0.2) is 9.07 Å². The minimum atomic E-state index is -0.295. The maximum atomic E-state index is 13.2. The number of fused-ring (bicyclic) bond motifs is 1. The molecule has 1 aliphatic rings. The summed E-state index contributed by atoms with van der Waals surface area (Å²) >= 11 is 0. The van der Waals surface area contributed by atoms with Crippen LogP contribution in [0.2, 0.25) is 0 Å². The molecular weight excluding hydrogens is 333 g/mol. The molecule has 0 spiro atoms. The normalized spacial score (nSPS) is 17.0. The molecule has 3 aromatic rings. The second kappa shape index (κ2) is 6.71. The van der Waals surface area contributed by atoms with Crippen LogP contribution in [0.25, 0.3) is 10.8 Å². The van der Waals surface area contributed by atoms with Crippen LogP contribution in [-0.4, -0.2) is 27.1 Å². The number of halogens is 1. The lowest BCUT2D eigenvalue weighted by molar-refractivity contribution is -0.133. The smallest absolute Gasteiger partial charge is 0.275 e. The Kier molecular flexibility index (Phi) is 4.24. The third-order valence-electron chi connectivity index (χ3n) is 4.87. The number of carbonyl (C=O) groups is 1. The highest BCUT2D eigenvalue weighted by Crippen LogP contribution is 2.32. The molecule has 0 aliphatic carbocycles. The van der Waals surface area contributed by atoms with Crippen molar-refractivity contribution in [3.05, 3.63) is 76.5 Å². The zero-order valence-corrected chi connectivity index (χ0v) is 14.1. The van der Waals surface area contributed by atoms with Gasteiger partial charge in [0.05, 0.1) is 17.6 Å². The van der Waals surface area contributed by atoms with E-state index < -0.39 is 0 Å². The van der Waals surface area contributed by atoms with Gasteiger partial charge in [-0.15, -0.1) is 0 Å². The van der Waals surface area contributed by atoms with Crippen molar-refractivity contribution in [3.63, 3.8) is 0 Å². The summed E-state index contributed by atoms with van der Waals surface area (Å²) in [6.07, 6.45) is 3.32. The van der Waals surface area contributed by atoms with Gasteiger partial charge >= 0.3 is 0 Å². The molecule has 5 nitrogen and oxygen atoms in total. The van der Waals surface area contributed by atoms with E-state index >= 15 is 0 Å². The Morgan fingerprint density at radius 2 is 1.92 bits per heavy atom. The third-order valence-corrected chi connectivity index (χ3v) is 4.87. The number of rotatable bonds is 3. The number of nitrogens with zero attached hydrogens (tertiary/aromatic N) is 3. The number of likely N-dealkylation sites (tertiary alicyclic amines) is 1. The van der Waals surface area contributed by atoms with Crippen LogP contribution < -0.4 is 5.56 Å². The van der Waals surface area contributed by atoms with Gasteiger partial charge in [0.25, 0.3) is 5.56 Å². The first kappa shape index (κ1) is 16.4. The molecule has 2 heterocycles. The quantitative estimate of drug-likeness (QED) is 0.729. The van der Waals surface area contributed by atoms with Crippen molar-refractivity contribution in [1.29, 1.82) is 0 Å². The van der Waals surface area contributed by atoms with Crippen molar-refractivity contribution < 1.29 is 9.18 Å². The van der Waals surface area contributed by atoms with E-state index in [0.29, 0.717) is 11.9 Å². The van der Waals surface area contributed by atoms with Crippen LogP contribution in [0.3, 0.4) is 0 Å². The SMILES string of the molecule is O=C(Cn1ncc2ccccc2c1=O)N1CCCC1c1ccc(F)cc1. The van der Waals surface area contributed by atoms with Gasteiger partial charge in [-0.2, -0.15) is 5.10 Å². The van der Waals surface area contributed by atoms with E-state index in [2.05, 4.69) is 5.10 Å². The van der Waals surface area contributed by atoms with Gasteiger partial charge in [0.2, 0.25) is 5.91 Å². The zero-order valence-electron chi connectivity index (χ0n) is 14.1. The van der Waals surface area contributed by atoms with Crippen LogP contribution in [0.15, 0.2) is 59.5 Å². The molecule has 0 bridgehead atoms. The van der Waals surface area contributed by atoms with Gasteiger partial charge in [-0.1, -0.05) is 30.3 Å². The Balaban J connectivity index is 1.59. The summed E-state index contributed by atoms with van der Waals surface area (Å²) in [6, 6.07) is 13.4. The summed E-state index contributed by atoms with van der Waals surface area (Å²) in [6.45, 7) is 0.532. The molecule has 2 aromatic carbocycles. The third kappa shape index (κ3) is 2.98. The topological polar surface area (TPSA) is 55.2 Å². The summed E-state index contributed by atoms with van der Waals surface area (Å²) < 4.78 is 14.4. The van der Waals surface area contributed by atoms with E-state index in [-0.39, 0.29) is 29.9 Å². The lowest BCUT2D eigenvalue weighted by Crippen LogP contribution is -2.37. The molecule has 1 unspecified atom stereocenters. The van der Waals surface area contributed by atoms with Crippen molar-refractivity contribution in [2.75, 3.05) is 6.54 Å². The highest BCUT2D eigenvalue weighted by molar-refractivity contribution is 5.81. The Morgan fingerprint density at radius 1 is 1.15 bits per heavy atom. The fraction of sp³-hybridized carbons (Fsp3) is 0.250. The number of hydrogen-bond acceptors (Lipinski definition) is 3. The highest BCUT2D eigenvalue weighted by Gasteiger charge is 2.30. The first-order valence-corrected chi connectivity index (χ1v) is 8.63. The average molecular weight is 351 g/mol. The minimum Gasteiger partial charge on any atom is -0.334 e. The Labute approximate surface area is 149 Å². The molecule has 0 N–H and O–H groups in total. The Morgan fingerprint density at radius 3 is 2.73 bits per heavy atom. The molecule has 4 rings (SSSR count). The van der Waals surface area contributed by atoms with Crippen LogP contribution in [-0.2, 0) is 11.3 Å². The maximum Gasteiger partial charge on any atom is 0.275 e. The number of hydrogen-bond donors (Lipinski definition) is 0. The van der Waals surface area contributed by atoms with Crippen molar-refractivity contribution >= 4 is 16.7 Å². The molecule has 1 fully saturated rings. The predicted octanol–water partition coefficient (Wildman–Crippen LogP) is 2.90. The molecule has 0 saturated carbocycles. The van der Waals surface area contributed by atoms with Crippen LogP contribution in [0, 0.1) is 5.82 Å². The van der Waals surface area contributed by atoms with Crippen molar-refractivity contribution in [1.82, 2.24) is 14.7 Å². The van der Waals surface area contributed by atoms with Gasteiger partial charge in [-0.05, 0) is 36.6 Å².